The standard InChI is InChI=1S/C17H20N4O2S/c22-16(15-14(5-12-24-15)19-7-1-2-8-19)20-9-3-13(4-10-20)21-11-6-18-17(21)23/h1-2,5,7-8,12-13H,3-4,6,9-11H2,(H,18,23). The number of rotatable bonds is 3. The fourth-order valence-corrected chi connectivity index (χ4v) is 4.38. The number of carbonyl (C=O) groups is 2. The molecule has 4 heterocycles. The van der Waals surface area contributed by atoms with Crippen LogP contribution >= 0.6 is 11.3 Å². The summed E-state index contributed by atoms with van der Waals surface area (Å²) in [6.07, 6.45) is 5.61. The molecule has 0 aromatic carbocycles. The minimum Gasteiger partial charge on any atom is -0.338 e. The second-order valence-corrected chi connectivity index (χ2v) is 7.09. The molecule has 7 heteroatoms. The third-order valence-corrected chi connectivity index (χ3v) is 5.70. The monoisotopic (exact) mass is 344 g/mol. The Morgan fingerprint density at radius 1 is 1.17 bits per heavy atom. The van der Waals surface area contributed by atoms with Crippen molar-refractivity contribution in [2.24, 2.45) is 0 Å². The number of amides is 3. The second kappa shape index (κ2) is 6.32. The van der Waals surface area contributed by atoms with Gasteiger partial charge in [-0.25, -0.2) is 4.79 Å². The van der Waals surface area contributed by atoms with E-state index in [1.807, 2.05) is 50.3 Å². The van der Waals surface area contributed by atoms with E-state index in [0.717, 1.165) is 36.5 Å². The van der Waals surface area contributed by atoms with Crippen LogP contribution in [0.1, 0.15) is 22.5 Å². The fourth-order valence-electron chi connectivity index (χ4n) is 3.52. The van der Waals surface area contributed by atoms with Crippen molar-refractivity contribution in [2.75, 3.05) is 26.2 Å². The van der Waals surface area contributed by atoms with Gasteiger partial charge in [-0.2, -0.15) is 0 Å². The minimum atomic E-state index is 0.0351. The van der Waals surface area contributed by atoms with E-state index in [0.29, 0.717) is 13.1 Å². The smallest absolute Gasteiger partial charge is 0.317 e. The molecular formula is C17H20N4O2S. The zero-order chi connectivity index (χ0) is 16.5. The molecule has 0 unspecified atom stereocenters. The SMILES string of the molecule is O=C(c1sccc1-n1cccc1)N1CCC(N2CCNC2=O)CC1. The Labute approximate surface area is 144 Å². The molecule has 2 fully saturated rings. The van der Waals surface area contributed by atoms with Gasteiger partial charge in [-0.05, 0) is 36.4 Å². The summed E-state index contributed by atoms with van der Waals surface area (Å²) in [5, 5.41) is 4.81. The Morgan fingerprint density at radius 2 is 1.92 bits per heavy atom. The zero-order valence-electron chi connectivity index (χ0n) is 13.4. The van der Waals surface area contributed by atoms with E-state index in [-0.39, 0.29) is 18.0 Å². The molecule has 0 radical (unpaired) electrons. The molecule has 3 amide bonds. The largest absolute Gasteiger partial charge is 0.338 e. The first kappa shape index (κ1) is 15.3. The third-order valence-electron chi connectivity index (χ3n) is 4.80. The quantitative estimate of drug-likeness (QED) is 0.928. The van der Waals surface area contributed by atoms with Crippen LogP contribution in [0.2, 0.25) is 0 Å². The van der Waals surface area contributed by atoms with Crippen molar-refractivity contribution in [3.8, 4) is 5.69 Å². The molecular weight excluding hydrogens is 324 g/mol. The summed E-state index contributed by atoms with van der Waals surface area (Å²) in [7, 11) is 0. The van der Waals surface area contributed by atoms with Gasteiger partial charge in [0.1, 0.15) is 4.88 Å². The average molecular weight is 344 g/mol. The van der Waals surface area contributed by atoms with E-state index in [4.69, 9.17) is 0 Å². The van der Waals surface area contributed by atoms with Crippen LogP contribution in [0.5, 0.6) is 0 Å². The molecule has 0 spiro atoms. The molecule has 126 valence electrons. The summed E-state index contributed by atoms with van der Waals surface area (Å²) in [6.45, 7) is 2.92. The maximum Gasteiger partial charge on any atom is 0.317 e. The topological polar surface area (TPSA) is 57.6 Å². The van der Waals surface area contributed by atoms with Gasteiger partial charge in [0.15, 0.2) is 0 Å². The van der Waals surface area contributed by atoms with Gasteiger partial charge in [-0.15, -0.1) is 11.3 Å². The Bertz CT molecular complexity index is 732. The molecule has 0 saturated carbocycles. The van der Waals surface area contributed by atoms with E-state index in [1.165, 1.54) is 11.3 Å². The zero-order valence-corrected chi connectivity index (χ0v) is 14.2. The van der Waals surface area contributed by atoms with Crippen LogP contribution < -0.4 is 5.32 Å². The number of piperidine rings is 1. The molecule has 2 saturated heterocycles. The maximum atomic E-state index is 12.9. The summed E-state index contributed by atoms with van der Waals surface area (Å²) in [6, 6.07) is 6.19. The van der Waals surface area contributed by atoms with Crippen molar-refractivity contribution in [3.63, 3.8) is 0 Å². The number of aromatic nitrogens is 1. The Morgan fingerprint density at radius 3 is 2.58 bits per heavy atom. The summed E-state index contributed by atoms with van der Waals surface area (Å²) < 4.78 is 1.98. The lowest BCUT2D eigenvalue weighted by molar-refractivity contribution is 0.0671. The molecule has 0 bridgehead atoms. The number of nitrogens with one attached hydrogen (secondary N) is 1. The van der Waals surface area contributed by atoms with Gasteiger partial charge in [0.05, 0.1) is 5.69 Å². The molecule has 6 nitrogen and oxygen atoms in total. The highest BCUT2D eigenvalue weighted by Crippen LogP contribution is 2.26. The van der Waals surface area contributed by atoms with Crippen molar-refractivity contribution >= 4 is 23.3 Å². The van der Waals surface area contributed by atoms with Gasteiger partial charge < -0.3 is 19.7 Å². The number of urea groups is 1. The second-order valence-electron chi connectivity index (χ2n) is 6.17. The predicted octanol–water partition coefficient (Wildman–Crippen LogP) is 2.17. The molecule has 0 aliphatic carbocycles. The lowest BCUT2D eigenvalue weighted by Gasteiger charge is -2.36. The number of carbonyl (C=O) groups excluding carboxylic acids is 2. The lowest BCUT2D eigenvalue weighted by Crippen LogP contribution is -2.47. The Hall–Kier alpha value is -2.28. The van der Waals surface area contributed by atoms with Crippen LogP contribution in [0, 0.1) is 0 Å². The van der Waals surface area contributed by atoms with Crippen LogP contribution in [-0.4, -0.2) is 58.5 Å². The first-order chi connectivity index (χ1) is 11.7. The van der Waals surface area contributed by atoms with E-state index in [1.54, 1.807) is 0 Å². The summed E-state index contributed by atoms with van der Waals surface area (Å²) in [5.41, 5.74) is 0.941. The number of hydrogen-bond acceptors (Lipinski definition) is 3. The first-order valence-electron chi connectivity index (χ1n) is 8.28. The molecule has 2 aromatic rings. The van der Waals surface area contributed by atoms with E-state index < -0.39 is 0 Å². The summed E-state index contributed by atoms with van der Waals surface area (Å²) in [4.78, 5) is 29.3. The van der Waals surface area contributed by atoms with Gasteiger partial charge in [0.2, 0.25) is 0 Å². The molecule has 1 N–H and O–H groups in total. The van der Waals surface area contributed by atoms with Crippen LogP contribution in [0.4, 0.5) is 4.79 Å². The molecule has 0 atom stereocenters. The van der Waals surface area contributed by atoms with Crippen LogP contribution in [0.3, 0.4) is 0 Å². The average Bonchev–Trinajstić information content (AvgIpc) is 3.35. The molecule has 2 aliphatic heterocycles. The van der Waals surface area contributed by atoms with Crippen molar-refractivity contribution in [3.05, 3.63) is 40.8 Å². The van der Waals surface area contributed by atoms with Crippen molar-refractivity contribution in [2.45, 2.75) is 18.9 Å². The molecule has 2 aromatic heterocycles. The summed E-state index contributed by atoms with van der Waals surface area (Å²) in [5.74, 6) is 0.0954. The van der Waals surface area contributed by atoms with Crippen molar-refractivity contribution < 1.29 is 9.59 Å². The highest BCUT2D eigenvalue weighted by molar-refractivity contribution is 7.12. The lowest BCUT2D eigenvalue weighted by atomic mass is 10.0. The van der Waals surface area contributed by atoms with E-state index in [9.17, 15) is 9.59 Å². The Balaban J connectivity index is 1.44. The van der Waals surface area contributed by atoms with Gasteiger partial charge in [-0.1, -0.05) is 0 Å². The number of thiophene rings is 1. The minimum absolute atomic E-state index is 0.0351. The fraction of sp³-hybridized carbons (Fsp3) is 0.412. The normalized spacial score (nSPS) is 18.9. The van der Waals surface area contributed by atoms with Crippen molar-refractivity contribution in [1.82, 2.24) is 19.7 Å². The van der Waals surface area contributed by atoms with Crippen molar-refractivity contribution in [1.29, 1.82) is 0 Å². The number of nitrogens with zero attached hydrogens (tertiary/aromatic N) is 3. The first-order valence-corrected chi connectivity index (χ1v) is 9.16. The van der Waals surface area contributed by atoms with Crippen LogP contribution in [-0.2, 0) is 0 Å². The molecule has 2 aliphatic rings. The molecule has 24 heavy (non-hydrogen) atoms. The predicted molar refractivity (Wildman–Crippen MR) is 92.7 cm³/mol. The van der Waals surface area contributed by atoms with Gasteiger partial charge in [-0.3, -0.25) is 4.79 Å². The van der Waals surface area contributed by atoms with E-state index >= 15 is 0 Å². The highest BCUT2D eigenvalue weighted by Gasteiger charge is 2.32. The van der Waals surface area contributed by atoms with Gasteiger partial charge >= 0.3 is 6.03 Å². The molecule has 4 rings (SSSR count). The number of likely N-dealkylation sites (tertiary alicyclic amines) is 1. The van der Waals surface area contributed by atoms with Gasteiger partial charge in [0.25, 0.3) is 5.91 Å². The van der Waals surface area contributed by atoms with E-state index in [2.05, 4.69) is 5.32 Å². The third kappa shape index (κ3) is 2.69. The van der Waals surface area contributed by atoms with Crippen LogP contribution in [0.15, 0.2) is 36.0 Å². The maximum absolute atomic E-state index is 12.9. The Kier molecular flexibility index (Phi) is 4.02. The van der Waals surface area contributed by atoms with Crippen LogP contribution in [0.25, 0.3) is 5.69 Å². The number of hydrogen-bond donors (Lipinski definition) is 1. The summed E-state index contributed by atoms with van der Waals surface area (Å²) >= 11 is 1.49. The van der Waals surface area contributed by atoms with Gasteiger partial charge in [0, 0.05) is 44.6 Å². The highest BCUT2D eigenvalue weighted by atomic mass is 32.1.